The molecule has 8 heteroatoms. The lowest BCUT2D eigenvalue weighted by atomic mass is 10.2. The second-order valence-corrected chi connectivity index (χ2v) is 5.62. The van der Waals surface area contributed by atoms with Crippen LogP contribution in [-0.4, -0.2) is 10.8 Å². The van der Waals surface area contributed by atoms with Gasteiger partial charge in [0.15, 0.2) is 0 Å². The van der Waals surface area contributed by atoms with E-state index < -0.39 is 10.8 Å². The number of rotatable bonds is 3. The monoisotopic (exact) mass is 388 g/mol. The van der Waals surface area contributed by atoms with Gasteiger partial charge < -0.3 is 5.32 Å². The summed E-state index contributed by atoms with van der Waals surface area (Å²) in [4.78, 5) is 22.2. The molecule has 0 fully saturated rings. The van der Waals surface area contributed by atoms with Crippen LogP contribution < -0.4 is 5.32 Å². The molecule has 2 aromatic rings. The predicted octanol–water partition coefficient (Wildman–Crippen LogP) is 4.92. The zero-order chi connectivity index (χ0) is 15.6. The summed E-state index contributed by atoms with van der Waals surface area (Å²) in [5, 5.41) is 13.5. The Bertz CT molecular complexity index is 737. The van der Waals surface area contributed by atoms with Crippen molar-refractivity contribution in [1.29, 1.82) is 0 Å². The molecule has 1 amide bonds. The van der Waals surface area contributed by atoms with Crippen LogP contribution in [0.15, 0.2) is 40.9 Å². The Balaban J connectivity index is 2.26. The fourth-order valence-electron chi connectivity index (χ4n) is 1.61. The van der Waals surface area contributed by atoms with Gasteiger partial charge in [-0.3, -0.25) is 14.9 Å². The molecule has 108 valence electrons. The number of carbonyl (C=O) groups is 1. The summed E-state index contributed by atoms with van der Waals surface area (Å²) in [6.45, 7) is 0. The van der Waals surface area contributed by atoms with Gasteiger partial charge in [0.25, 0.3) is 11.6 Å². The van der Waals surface area contributed by atoms with E-state index in [0.29, 0.717) is 10.2 Å². The quantitative estimate of drug-likeness (QED) is 0.598. The topological polar surface area (TPSA) is 72.2 Å². The molecular formula is C13H7BrCl2N2O3. The van der Waals surface area contributed by atoms with E-state index in [0.717, 1.165) is 0 Å². The number of nitro groups is 1. The van der Waals surface area contributed by atoms with Gasteiger partial charge >= 0.3 is 0 Å². The molecule has 5 nitrogen and oxygen atoms in total. The maximum absolute atomic E-state index is 12.1. The molecule has 0 bridgehead atoms. The summed E-state index contributed by atoms with van der Waals surface area (Å²) < 4.78 is 0.596. The smallest absolute Gasteiger partial charge is 0.288 e. The first-order valence-corrected chi connectivity index (χ1v) is 7.14. The first-order valence-electron chi connectivity index (χ1n) is 5.59. The Morgan fingerprint density at radius 3 is 2.57 bits per heavy atom. The van der Waals surface area contributed by atoms with Gasteiger partial charge in [0, 0.05) is 16.2 Å². The molecule has 0 saturated carbocycles. The number of nitro benzene ring substituents is 1. The number of hydrogen-bond donors (Lipinski definition) is 1. The van der Waals surface area contributed by atoms with Gasteiger partial charge in [-0.05, 0) is 40.2 Å². The van der Waals surface area contributed by atoms with Crippen molar-refractivity contribution in [2.45, 2.75) is 0 Å². The lowest BCUT2D eigenvalue weighted by Gasteiger charge is -2.08. The van der Waals surface area contributed by atoms with E-state index in [9.17, 15) is 14.9 Å². The van der Waals surface area contributed by atoms with E-state index in [1.165, 1.54) is 18.2 Å². The summed E-state index contributed by atoms with van der Waals surface area (Å²) in [5.74, 6) is -0.439. The molecular weight excluding hydrogens is 383 g/mol. The highest BCUT2D eigenvalue weighted by atomic mass is 79.9. The Hall–Kier alpha value is -1.63. The molecule has 1 N–H and O–H groups in total. The van der Waals surface area contributed by atoms with Crippen molar-refractivity contribution in [3.8, 4) is 0 Å². The van der Waals surface area contributed by atoms with Crippen molar-refractivity contribution < 1.29 is 9.72 Å². The van der Waals surface area contributed by atoms with Crippen LogP contribution in [0.2, 0.25) is 10.0 Å². The van der Waals surface area contributed by atoms with Crippen molar-refractivity contribution in [2.24, 2.45) is 0 Å². The van der Waals surface area contributed by atoms with Crippen LogP contribution in [0.25, 0.3) is 0 Å². The Kier molecular flexibility index (Phi) is 4.82. The first kappa shape index (κ1) is 15.8. The Morgan fingerprint density at radius 1 is 1.24 bits per heavy atom. The lowest BCUT2D eigenvalue weighted by Crippen LogP contribution is -2.12. The average Bonchev–Trinajstić information content (AvgIpc) is 2.41. The van der Waals surface area contributed by atoms with Crippen LogP contribution >= 0.6 is 39.1 Å². The number of amides is 1. The number of carbonyl (C=O) groups excluding carboxylic acids is 1. The number of hydrogen-bond acceptors (Lipinski definition) is 3. The second-order valence-electron chi connectivity index (χ2n) is 3.98. The van der Waals surface area contributed by atoms with Crippen molar-refractivity contribution in [3.05, 3.63) is 66.6 Å². The molecule has 2 aromatic carbocycles. The standard InChI is InChI=1S/C13H7BrCl2N2O3/c14-9-3-1-2-8(12(9)16)13(19)17-7-4-5-11(18(20)21)10(15)6-7/h1-6H,(H,17,19). The maximum atomic E-state index is 12.1. The number of benzene rings is 2. The molecule has 0 spiro atoms. The predicted molar refractivity (Wildman–Crippen MR) is 85.2 cm³/mol. The summed E-state index contributed by atoms with van der Waals surface area (Å²) in [5.41, 5.74) is 0.391. The van der Waals surface area contributed by atoms with Gasteiger partial charge in [-0.1, -0.05) is 29.3 Å². The van der Waals surface area contributed by atoms with Crippen LogP contribution in [0.4, 0.5) is 11.4 Å². The molecule has 0 unspecified atom stereocenters. The molecule has 0 heterocycles. The van der Waals surface area contributed by atoms with Crippen LogP contribution in [0, 0.1) is 10.1 Å². The zero-order valence-electron chi connectivity index (χ0n) is 10.3. The summed E-state index contributed by atoms with van der Waals surface area (Å²) in [6.07, 6.45) is 0. The maximum Gasteiger partial charge on any atom is 0.288 e. The van der Waals surface area contributed by atoms with Gasteiger partial charge in [-0.25, -0.2) is 0 Å². The summed E-state index contributed by atoms with van der Waals surface area (Å²) >= 11 is 15.0. The van der Waals surface area contributed by atoms with Crippen molar-refractivity contribution >= 4 is 56.4 Å². The van der Waals surface area contributed by atoms with Gasteiger partial charge in [0.1, 0.15) is 5.02 Å². The molecule has 2 rings (SSSR count). The highest BCUT2D eigenvalue weighted by Crippen LogP contribution is 2.29. The van der Waals surface area contributed by atoms with Gasteiger partial charge in [0.05, 0.1) is 15.5 Å². The Labute approximate surface area is 138 Å². The van der Waals surface area contributed by atoms with Crippen molar-refractivity contribution in [3.63, 3.8) is 0 Å². The summed E-state index contributed by atoms with van der Waals surface area (Å²) in [7, 11) is 0. The minimum absolute atomic E-state index is 0.0573. The molecule has 0 saturated heterocycles. The van der Waals surface area contributed by atoms with Gasteiger partial charge in [-0.15, -0.1) is 0 Å². The third kappa shape index (κ3) is 3.53. The van der Waals surface area contributed by atoms with Crippen LogP contribution in [-0.2, 0) is 0 Å². The van der Waals surface area contributed by atoms with Crippen LogP contribution in [0.5, 0.6) is 0 Å². The number of nitrogens with one attached hydrogen (secondary N) is 1. The lowest BCUT2D eigenvalue weighted by molar-refractivity contribution is -0.384. The zero-order valence-corrected chi connectivity index (χ0v) is 13.4. The normalized spacial score (nSPS) is 10.2. The number of anilines is 1. The van der Waals surface area contributed by atoms with E-state index in [2.05, 4.69) is 21.2 Å². The van der Waals surface area contributed by atoms with Crippen molar-refractivity contribution in [2.75, 3.05) is 5.32 Å². The second kappa shape index (κ2) is 6.43. The fraction of sp³-hybridized carbons (Fsp3) is 0. The van der Waals surface area contributed by atoms with Crippen molar-refractivity contribution in [1.82, 2.24) is 0 Å². The van der Waals surface area contributed by atoms with Crippen LogP contribution in [0.3, 0.4) is 0 Å². The summed E-state index contributed by atoms with van der Waals surface area (Å²) in [6, 6.07) is 8.88. The first-order chi connectivity index (χ1) is 9.90. The van der Waals surface area contributed by atoms with E-state index in [1.54, 1.807) is 18.2 Å². The molecule has 0 aromatic heterocycles. The Morgan fingerprint density at radius 2 is 1.95 bits per heavy atom. The van der Waals surface area contributed by atoms with Crippen LogP contribution in [0.1, 0.15) is 10.4 Å². The van der Waals surface area contributed by atoms with E-state index in [1.807, 2.05) is 0 Å². The van der Waals surface area contributed by atoms with E-state index in [-0.39, 0.29) is 21.3 Å². The highest BCUT2D eigenvalue weighted by molar-refractivity contribution is 9.10. The van der Waals surface area contributed by atoms with E-state index in [4.69, 9.17) is 23.2 Å². The van der Waals surface area contributed by atoms with Gasteiger partial charge in [-0.2, -0.15) is 0 Å². The SMILES string of the molecule is O=C(Nc1ccc([N+](=O)[O-])c(Cl)c1)c1cccc(Br)c1Cl. The molecule has 0 radical (unpaired) electrons. The molecule has 0 aliphatic rings. The highest BCUT2D eigenvalue weighted by Gasteiger charge is 2.15. The van der Waals surface area contributed by atoms with E-state index >= 15 is 0 Å². The molecule has 0 aliphatic heterocycles. The third-order valence-electron chi connectivity index (χ3n) is 2.60. The fourth-order valence-corrected chi connectivity index (χ4v) is 2.44. The minimum atomic E-state index is -0.598. The molecule has 0 atom stereocenters. The molecule has 21 heavy (non-hydrogen) atoms. The largest absolute Gasteiger partial charge is 0.322 e. The molecule has 0 aliphatic carbocycles. The number of nitrogens with zero attached hydrogens (tertiary/aromatic N) is 1. The van der Waals surface area contributed by atoms with Gasteiger partial charge in [0.2, 0.25) is 0 Å². The minimum Gasteiger partial charge on any atom is -0.322 e. The average molecular weight is 390 g/mol. The number of halogens is 3. The third-order valence-corrected chi connectivity index (χ3v) is 4.20.